The Bertz CT molecular complexity index is 341. The number of allylic oxidation sites excluding steroid dienone is 1. The first kappa shape index (κ1) is 8.11. The molecule has 8 N–H and O–H groups in total. The summed E-state index contributed by atoms with van der Waals surface area (Å²) in [4.78, 5) is 0. The molecule has 2 aliphatic rings. The van der Waals surface area contributed by atoms with Gasteiger partial charge in [-0.15, -0.1) is 0 Å². The van der Waals surface area contributed by atoms with Gasteiger partial charge in [-0.05, 0) is 0 Å². The largest absolute Gasteiger partial charge is 0.396 e. The number of hydrogen-bond acceptors (Lipinski definition) is 5. The topological polar surface area (TPSA) is 107 Å². The lowest BCUT2D eigenvalue weighted by molar-refractivity contribution is -0.857. The van der Waals surface area contributed by atoms with Crippen molar-refractivity contribution in [1.29, 1.82) is 0 Å². The quantitative estimate of drug-likeness (QED) is 0.264. The minimum Gasteiger partial charge on any atom is -0.396 e. The maximum absolute atomic E-state index is 6.01. The van der Waals surface area contributed by atoms with E-state index in [0.29, 0.717) is 17.9 Å². The lowest BCUT2D eigenvalue weighted by atomic mass is 10.3. The molecule has 0 aromatic heterocycles. The molecular weight excluding hydrogens is 168 g/mol. The monoisotopic (exact) mass is 181 g/mol. The average molecular weight is 181 g/mol. The van der Waals surface area contributed by atoms with Gasteiger partial charge in [0.2, 0.25) is 5.82 Å². The van der Waals surface area contributed by atoms with Gasteiger partial charge in [0.15, 0.2) is 0 Å². The SMILES string of the molecule is NC1=C[N+]2(N)CC(N)=CN(N)C2=C1. The van der Waals surface area contributed by atoms with E-state index in [9.17, 15) is 0 Å². The Morgan fingerprint density at radius 1 is 1.38 bits per heavy atom. The molecule has 70 valence electrons. The molecule has 2 heterocycles. The molecular formula is C7H13N6+. The highest BCUT2D eigenvalue weighted by Crippen LogP contribution is 2.27. The van der Waals surface area contributed by atoms with Gasteiger partial charge in [0, 0.05) is 0 Å². The Hall–Kier alpha value is -1.50. The zero-order chi connectivity index (χ0) is 9.64. The highest BCUT2D eigenvalue weighted by Gasteiger charge is 2.39. The van der Waals surface area contributed by atoms with Crippen LogP contribution in [0.3, 0.4) is 0 Å². The van der Waals surface area contributed by atoms with Gasteiger partial charge in [-0.1, -0.05) is 0 Å². The fourth-order valence-electron chi connectivity index (χ4n) is 1.64. The van der Waals surface area contributed by atoms with E-state index in [-0.39, 0.29) is 4.59 Å². The van der Waals surface area contributed by atoms with E-state index in [1.54, 1.807) is 18.5 Å². The summed E-state index contributed by atoms with van der Waals surface area (Å²) in [6.07, 6.45) is 5.10. The molecule has 0 aromatic rings. The van der Waals surface area contributed by atoms with Gasteiger partial charge < -0.3 is 11.5 Å². The molecule has 0 bridgehead atoms. The maximum atomic E-state index is 6.01. The minimum atomic E-state index is 0.0602. The first-order valence-corrected chi connectivity index (χ1v) is 3.88. The third-order valence-electron chi connectivity index (χ3n) is 2.12. The fourth-order valence-corrected chi connectivity index (χ4v) is 1.64. The molecule has 6 heteroatoms. The first-order valence-electron chi connectivity index (χ1n) is 3.88. The summed E-state index contributed by atoms with van der Waals surface area (Å²) in [5.74, 6) is 12.4. The highest BCUT2D eigenvalue weighted by molar-refractivity contribution is 5.24. The Balaban J connectivity index is 2.45. The van der Waals surface area contributed by atoms with Crippen LogP contribution in [-0.2, 0) is 0 Å². The maximum Gasteiger partial charge on any atom is 0.249 e. The van der Waals surface area contributed by atoms with Gasteiger partial charge in [0.05, 0.1) is 23.7 Å². The number of fused-ring (bicyclic) bond motifs is 1. The van der Waals surface area contributed by atoms with Gasteiger partial charge in [0.1, 0.15) is 12.7 Å². The predicted molar refractivity (Wildman–Crippen MR) is 48.0 cm³/mol. The van der Waals surface area contributed by atoms with E-state index in [4.69, 9.17) is 23.2 Å². The number of quaternary nitrogens is 1. The second-order valence-electron chi connectivity index (χ2n) is 3.33. The zero-order valence-corrected chi connectivity index (χ0v) is 7.14. The second kappa shape index (κ2) is 2.25. The number of nitrogens with zero attached hydrogens (tertiary/aromatic N) is 2. The molecule has 1 atom stereocenters. The van der Waals surface area contributed by atoms with Gasteiger partial charge in [-0.3, -0.25) is 0 Å². The van der Waals surface area contributed by atoms with Gasteiger partial charge in [-0.25, -0.2) is 10.9 Å². The van der Waals surface area contributed by atoms with Crippen LogP contribution in [0.2, 0.25) is 0 Å². The van der Waals surface area contributed by atoms with Crippen LogP contribution in [0.1, 0.15) is 0 Å². The standard InChI is InChI=1S/C7H13N6/c8-5-1-7-12(10)2-6(9)4-13(7,11)3-5/h1-3H,4,8-11H2/q+1. The van der Waals surface area contributed by atoms with Crippen LogP contribution >= 0.6 is 0 Å². The van der Waals surface area contributed by atoms with Crippen LogP contribution in [0.5, 0.6) is 0 Å². The molecule has 0 spiro atoms. The third kappa shape index (κ3) is 1.08. The predicted octanol–water partition coefficient (Wildman–Crippen LogP) is -1.68. The van der Waals surface area contributed by atoms with Crippen LogP contribution in [0.15, 0.2) is 35.7 Å². The molecule has 0 saturated heterocycles. The molecule has 6 nitrogen and oxygen atoms in total. The fraction of sp³-hybridized carbons (Fsp3) is 0.143. The van der Waals surface area contributed by atoms with Crippen molar-refractivity contribution >= 4 is 0 Å². The summed E-state index contributed by atoms with van der Waals surface area (Å²) in [5.41, 5.74) is 12.5. The molecule has 13 heavy (non-hydrogen) atoms. The molecule has 2 aliphatic heterocycles. The van der Waals surface area contributed by atoms with Crippen molar-refractivity contribution in [3.05, 3.63) is 35.7 Å². The van der Waals surface area contributed by atoms with Crippen molar-refractivity contribution in [2.45, 2.75) is 0 Å². The summed E-state index contributed by atoms with van der Waals surface area (Å²) >= 11 is 0. The smallest absolute Gasteiger partial charge is 0.249 e. The third-order valence-corrected chi connectivity index (χ3v) is 2.12. The molecule has 0 radical (unpaired) electrons. The number of hydrazine groups is 1. The Morgan fingerprint density at radius 3 is 2.77 bits per heavy atom. The lowest BCUT2D eigenvalue weighted by Crippen LogP contribution is -2.57. The van der Waals surface area contributed by atoms with E-state index >= 15 is 0 Å². The Labute approximate surface area is 75.9 Å². The first-order chi connectivity index (χ1) is 6.01. The summed E-state index contributed by atoms with van der Waals surface area (Å²) < 4.78 is 0.0602. The number of hydrogen-bond donors (Lipinski definition) is 4. The molecule has 0 amide bonds. The zero-order valence-electron chi connectivity index (χ0n) is 7.14. The molecule has 0 aliphatic carbocycles. The minimum absolute atomic E-state index is 0.0602. The van der Waals surface area contributed by atoms with Crippen LogP contribution in [0.4, 0.5) is 0 Å². The van der Waals surface area contributed by atoms with E-state index in [1.165, 1.54) is 5.01 Å². The van der Waals surface area contributed by atoms with Crippen molar-refractivity contribution in [3.8, 4) is 0 Å². The lowest BCUT2D eigenvalue weighted by Gasteiger charge is -2.34. The van der Waals surface area contributed by atoms with E-state index in [0.717, 1.165) is 5.82 Å². The van der Waals surface area contributed by atoms with Crippen molar-refractivity contribution < 1.29 is 4.59 Å². The van der Waals surface area contributed by atoms with Gasteiger partial charge in [0.25, 0.3) is 0 Å². The molecule has 1 unspecified atom stereocenters. The molecule has 0 saturated carbocycles. The second-order valence-corrected chi connectivity index (χ2v) is 3.33. The molecule has 0 fully saturated rings. The van der Waals surface area contributed by atoms with Gasteiger partial charge >= 0.3 is 0 Å². The number of nitrogens with two attached hydrogens (primary N) is 4. The van der Waals surface area contributed by atoms with E-state index < -0.39 is 0 Å². The van der Waals surface area contributed by atoms with Crippen LogP contribution in [0.25, 0.3) is 0 Å². The van der Waals surface area contributed by atoms with Crippen molar-refractivity contribution in [2.24, 2.45) is 23.2 Å². The van der Waals surface area contributed by atoms with E-state index in [1.807, 2.05) is 0 Å². The van der Waals surface area contributed by atoms with Crippen molar-refractivity contribution in [1.82, 2.24) is 5.01 Å². The summed E-state index contributed by atoms with van der Waals surface area (Å²) in [7, 11) is 0. The summed E-state index contributed by atoms with van der Waals surface area (Å²) in [6, 6.07) is 0. The van der Waals surface area contributed by atoms with Crippen molar-refractivity contribution in [3.63, 3.8) is 0 Å². The average Bonchev–Trinajstić information content (AvgIpc) is 2.23. The highest BCUT2D eigenvalue weighted by atomic mass is 15.7. The number of rotatable bonds is 0. The summed E-state index contributed by atoms with van der Waals surface area (Å²) in [5, 5.41) is 1.40. The van der Waals surface area contributed by atoms with Crippen molar-refractivity contribution in [2.75, 3.05) is 6.54 Å². The molecule has 0 aromatic carbocycles. The normalized spacial score (nSPS) is 32.2. The Kier molecular flexibility index (Phi) is 1.41. The van der Waals surface area contributed by atoms with Gasteiger partial charge in [-0.2, -0.15) is 10.4 Å². The van der Waals surface area contributed by atoms with Crippen LogP contribution < -0.4 is 23.2 Å². The van der Waals surface area contributed by atoms with E-state index in [2.05, 4.69) is 0 Å². The molecule has 2 rings (SSSR count). The van der Waals surface area contributed by atoms with Crippen LogP contribution in [0, 0.1) is 0 Å². The summed E-state index contributed by atoms with van der Waals surface area (Å²) in [6.45, 7) is 0.500. The Morgan fingerprint density at radius 2 is 2.08 bits per heavy atom. The van der Waals surface area contributed by atoms with Crippen LogP contribution in [-0.4, -0.2) is 16.1 Å².